The van der Waals surface area contributed by atoms with Crippen molar-refractivity contribution in [3.8, 4) is 0 Å². The van der Waals surface area contributed by atoms with Crippen LogP contribution in [-0.4, -0.2) is 34.1 Å². The van der Waals surface area contributed by atoms with Gasteiger partial charge in [0.05, 0.1) is 6.54 Å². The molecule has 0 atom stereocenters. The number of halogens is 3. The molecule has 0 spiro atoms. The van der Waals surface area contributed by atoms with Crippen LogP contribution >= 0.6 is 11.6 Å². The molecule has 1 aromatic heterocycles. The SMILES string of the molecule is Cc1c(Cl)nc(C(C)(C)C)nc1NCC(F)(F)CO. The van der Waals surface area contributed by atoms with E-state index >= 15 is 0 Å². The van der Waals surface area contributed by atoms with Crippen LogP contribution in [-0.2, 0) is 5.41 Å². The highest BCUT2D eigenvalue weighted by Gasteiger charge is 2.28. The molecular formula is C12H18ClF2N3O. The standard InChI is InChI=1S/C12H18ClF2N3O/c1-7-8(13)17-10(11(2,3)4)18-9(7)16-5-12(14,15)6-19/h19H,5-6H2,1-4H3,(H,16,17,18). The molecule has 0 radical (unpaired) electrons. The maximum absolute atomic E-state index is 13.0. The zero-order valence-corrected chi connectivity index (χ0v) is 12.1. The molecule has 0 fully saturated rings. The van der Waals surface area contributed by atoms with Crippen molar-refractivity contribution in [2.75, 3.05) is 18.5 Å². The highest BCUT2D eigenvalue weighted by molar-refractivity contribution is 6.30. The number of hydrogen-bond acceptors (Lipinski definition) is 4. The number of anilines is 1. The van der Waals surface area contributed by atoms with Crippen molar-refractivity contribution < 1.29 is 13.9 Å². The first-order valence-electron chi connectivity index (χ1n) is 5.84. The van der Waals surface area contributed by atoms with Gasteiger partial charge in [-0.1, -0.05) is 32.4 Å². The second-order valence-electron chi connectivity index (χ2n) is 5.43. The van der Waals surface area contributed by atoms with Crippen LogP contribution in [0.5, 0.6) is 0 Å². The monoisotopic (exact) mass is 293 g/mol. The van der Waals surface area contributed by atoms with Crippen molar-refractivity contribution in [1.82, 2.24) is 9.97 Å². The van der Waals surface area contributed by atoms with E-state index in [1.54, 1.807) is 6.92 Å². The first kappa shape index (κ1) is 16.0. The van der Waals surface area contributed by atoms with E-state index in [2.05, 4.69) is 15.3 Å². The first-order chi connectivity index (χ1) is 8.57. The average Bonchev–Trinajstić information content (AvgIpc) is 2.29. The highest BCUT2D eigenvalue weighted by atomic mass is 35.5. The largest absolute Gasteiger partial charge is 0.390 e. The summed E-state index contributed by atoms with van der Waals surface area (Å²) in [5.41, 5.74) is 0.163. The lowest BCUT2D eigenvalue weighted by molar-refractivity contribution is -0.0373. The molecule has 0 aliphatic heterocycles. The zero-order chi connectivity index (χ0) is 14.8. The fraction of sp³-hybridized carbons (Fsp3) is 0.667. The summed E-state index contributed by atoms with van der Waals surface area (Å²) >= 11 is 5.98. The summed E-state index contributed by atoms with van der Waals surface area (Å²) in [7, 11) is 0. The van der Waals surface area contributed by atoms with E-state index in [-0.39, 0.29) is 16.4 Å². The summed E-state index contributed by atoms with van der Waals surface area (Å²) in [5, 5.41) is 11.3. The van der Waals surface area contributed by atoms with E-state index in [1.807, 2.05) is 20.8 Å². The van der Waals surface area contributed by atoms with Gasteiger partial charge < -0.3 is 10.4 Å². The number of nitrogens with zero attached hydrogens (tertiary/aromatic N) is 2. The third kappa shape index (κ3) is 4.24. The summed E-state index contributed by atoms with van der Waals surface area (Å²) in [5.74, 6) is -2.47. The molecule has 0 unspecified atom stereocenters. The van der Waals surface area contributed by atoms with Crippen LogP contribution in [0.4, 0.5) is 14.6 Å². The van der Waals surface area contributed by atoms with E-state index in [1.165, 1.54) is 0 Å². The van der Waals surface area contributed by atoms with E-state index < -0.39 is 19.1 Å². The zero-order valence-electron chi connectivity index (χ0n) is 11.4. The van der Waals surface area contributed by atoms with Gasteiger partial charge in [0.25, 0.3) is 5.92 Å². The van der Waals surface area contributed by atoms with Gasteiger partial charge in [0, 0.05) is 11.0 Å². The van der Waals surface area contributed by atoms with E-state index in [0.717, 1.165) is 0 Å². The van der Waals surface area contributed by atoms with E-state index in [0.29, 0.717) is 11.4 Å². The van der Waals surface area contributed by atoms with Gasteiger partial charge in [-0.05, 0) is 6.92 Å². The Morgan fingerprint density at radius 1 is 1.26 bits per heavy atom. The van der Waals surface area contributed by atoms with Crippen molar-refractivity contribution in [1.29, 1.82) is 0 Å². The third-order valence-corrected chi connectivity index (χ3v) is 2.87. The molecule has 0 saturated carbocycles. The molecule has 1 heterocycles. The smallest absolute Gasteiger partial charge is 0.287 e. The maximum Gasteiger partial charge on any atom is 0.287 e. The number of aliphatic hydroxyl groups excluding tert-OH is 1. The molecule has 0 aliphatic rings. The third-order valence-electron chi connectivity index (χ3n) is 2.50. The number of rotatable bonds is 4. The summed E-state index contributed by atoms with van der Waals surface area (Å²) < 4.78 is 26.0. The van der Waals surface area contributed by atoms with Crippen molar-refractivity contribution >= 4 is 17.4 Å². The maximum atomic E-state index is 13.0. The van der Waals surface area contributed by atoms with Gasteiger partial charge in [-0.2, -0.15) is 0 Å². The molecule has 1 rings (SSSR count). The van der Waals surface area contributed by atoms with Crippen molar-refractivity contribution in [3.63, 3.8) is 0 Å². The summed E-state index contributed by atoms with van der Waals surface area (Å²) in [6.07, 6.45) is 0. The van der Waals surface area contributed by atoms with Crippen LogP contribution in [0.1, 0.15) is 32.2 Å². The molecule has 0 saturated heterocycles. The molecule has 7 heteroatoms. The minimum atomic E-state index is -3.20. The number of nitrogens with one attached hydrogen (secondary N) is 1. The fourth-order valence-corrected chi connectivity index (χ4v) is 1.44. The minimum absolute atomic E-state index is 0.231. The van der Waals surface area contributed by atoms with Gasteiger partial charge in [0.2, 0.25) is 0 Å². The van der Waals surface area contributed by atoms with Gasteiger partial charge in [-0.25, -0.2) is 18.7 Å². The van der Waals surface area contributed by atoms with E-state index in [4.69, 9.17) is 16.7 Å². The Morgan fingerprint density at radius 3 is 2.32 bits per heavy atom. The topological polar surface area (TPSA) is 58.0 Å². The Hall–Kier alpha value is -1.01. The lowest BCUT2D eigenvalue weighted by Crippen LogP contribution is -2.32. The minimum Gasteiger partial charge on any atom is -0.390 e. The van der Waals surface area contributed by atoms with Gasteiger partial charge >= 0.3 is 0 Å². The second kappa shape index (κ2) is 5.54. The molecule has 0 amide bonds. The predicted octanol–water partition coefficient (Wildman–Crippen LogP) is 2.78. The quantitative estimate of drug-likeness (QED) is 0.838. The second-order valence-corrected chi connectivity index (χ2v) is 5.79. The number of aliphatic hydroxyl groups is 1. The van der Waals surface area contributed by atoms with Crippen molar-refractivity contribution in [2.45, 2.75) is 39.0 Å². The van der Waals surface area contributed by atoms with Crippen LogP contribution in [0.15, 0.2) is 0 Å². The molecule has 0 aromatic carbocycles. The Morgan fingerprint density at radius 2 is 1.84 bits per heavy atom. The summed E-state index contributed by atoms with van der Waals surface area (Å²) in [6, 6.07) is 0. The molecule has 19 heavy (non-hydrogen) atoms. The van der Waals surface area contributed by atoms with Gasteiger partial charge in [-0.15, -0.1) is 0 Å². The number of aromatic nitrogens is 2. The molecule has 0 bridgehead atoms. The first-order valence-corrected chi connectivity index (χ1v) is 6.22. The van der Waals surface area contributed by atoms with Gasteiger partial charge in [-0.3, -0.25) is 0 Å². The Labute approximate surface area is 116 Å². The Kier molecular flexibility index (Phi) is 4.68. The number of hydrogen-bond donors (Lipinski definition) is 2. The summed E-state index contributed by atoms with van der Waals surface area (Å²) in [4.78, 5) is 8.37. The Bertz CT molecular complexity index is 461. The normalized spacial score (nSPS) is 12.6. The van der Waals surface area contributed by atoms with Crippen LogP contribution in [0.2, 0.25) is 5.15 Å². The fourth-order valence-electron chi connectivity index (χ4n) is 1.27. The molecular weight excluding hydrogens is 276 g/mol. The molecule has 2 N–H and O–H groups in total. The van der Waals surface area contributed by atoms with E-state index in [9.17, 15) is 8.78 Å². The van der Waals surface area contributed by atoms with Crippen LogP contribution < -0.4 is 5.32 Å². The summed E-state index contributed by atoms with van der Waals surface area (Å²) in [6.45, 7) is 5.43. The molecule has 4 nitrogen and oxygen atoms in total. The van der Waals surface area contributed by atoms with Crippen LogP contribution in [0.25, 0.3) is 0 Å². The number of alkyl halides is 2. The lowest BCUT2D eigenvalue weighted by atomic mass is 9.95. The van der Waals surface area contributed by atoms with Crippen LogP contribution in [0, 0.1) is 6.92 Å². The van der Waals surface area contributed by atoms with Crippen molar-refractivity contribution in [3.05, 3.63) is 16.5 Å². The Balaban J connectivity index is 3.04. The van der Waals surface area contributed by atoms with Gasteiger partial charge in [0.15, 0.2) is 0 Å². The van der Waals surface area contributed by atoms with Crippen molar-refractivity contribution in [2.24, 2.45) is 0 Å². The average molecular weight is 294 g/mol. The molecule has 1 aromatic rings. The molecule has 0 aliphatic carbocycles. The van der Waals surface area contributed by atoms with Crippen LogP contribution in [0.3, 0.4) is 0 Å². The molecule has 108 valence electrons. The lowest BCUT2D eigenvalue weighted by Gasteiger charge is -2.20. The predicted molar refractivity (Wildman–Crippen MR) is 71.0 cm³/mol. The highest BCUT2D eigenvalue weighted by Crippen LogP contribution is 2.26. The van der Waals surface area contributed by atoms with Gasteiger partial charge in [0.1, 0.15) is 23.4 Å².